The minimum absolute atomic E-state index is 0. The first-order valence-corrected chi connectivity index (χ1v) is 10.8. The van der Waals surface area contributed by atoms with Gasteiger partial charge in [0.15, 0.2) is 11.8 Å². The fourth-order valence-corrected chi connectivity index (χ4v) is 3.67. The third-order valence-electron chi connectivity index (χ3n) is 5.45. The Morgan fingerprint density at radius 3 is 2.58 bits per heavy atom. The summed E-state index contributed by atoms with van der Waals surface area (Å²) in [5.74, 6) is 2.66. The van der Waals surface area contributed by atoms with Crippen molar-refractivity contribution in [2.75, 3.05) is 51.3 Å². The highest BCUT2D eigenvalue weighted by Gasteiger charge is 2.21. The molecule has 2 aromatic rings. The van der Waals surface area contributed by atoms with E-state index in [1.54, 1.807) is 7.11 Å². The molecule has 1 saturated heterocycles. The van der Waals surface area contributed by atoms with Crippen LogP contribution in [-0.2, 0) is 18.3 Å². The van der Waals surface area contributed by atoms with Crippen LogP contribution in [-0.4, -0.2) is 72.1 Å². The smallest absolute Gasteiger partial charge is 0.194 e. The molecule has 1 N–H and O–H groups in total. The van der Waals surface area contributed by atoms with E-state index in [1.165, 1.54) is 11.3 Å². The molecular formula is C21H33ClIN7O. The van der Waals surface area contributed by atoms with Crippen molar-refractivity contribution in [3.05, 3.63) is 40.4 Å². The number of guanidine groups is 1. The van der Waals surface area contributed by atoms with Crippen LogP contribution in [0, 0.1) is 13.8 Å². The van der Waals surface area contributed by atoms with Crippen molar-refractivity contribution in [3.63, 3.8) is 0 Å². The number of anilines is 1. The van der Waals surface area contributed by atoms with Gasteiger partial charge in [-0.05, 0) is 38.0 Å². The maximum atomic E-state index is 6.22. The second-order valence-electron chi connectivity index (χ2n) is 7.54. The van der Waals surface area contributed by atoms with Gasteiger partial charge in [-0.3, -0.25) is 0 Å². The van der Waals surface area contributed by atoms with Crippen molar-refractivity contribution in [2.24, 2.45) is 12.0 Å². The summed E-state index contributed by atoms with van der Waals surface area (Å²) in [6, 6.07) is 6.08. The lowest BCUT2D eigenvalue weighted by molar-refractivity contribution is 0.195. The average Bonchev–Trinajstić information content (AvgIpc) is 3.07. The Hall–Kier alpha value is -1.59. The maximum Gasteiger partial charge on any atom is 0.194 e. The summed E-state index contributed by atoms with van der Waals surface area (Å²) in [5.41, 5.74) is 2.46. The van der Waals surface area contributed by atoms with Crippen LogP contribution in [0.25, 0.3) is 0 Å². The Morgan fingerprint density at radius 1 is 1.19 bits per heavy atom. The molecule has 1 aromatic heterocycles. The molecule has 31 heavy (non-hydrogen) atoms. The SMILES string of the molecule is COCCCNC(=NCc1nnc(C)n1C)N1CCN(c2cc(Cl)ccc2C)CC1.I. The summed E-state index contributed by atoms with van der Waals surface area (Å²) in [7, 11) is 3.69. The van der Waals surface area contributed by atoms with E-state index in [0.29, 0.717) is 6.54 Å². The van der Waals surface area contributed by atoms with Crippen molar-refractivity contribution >= 4 is 47.2 Å². The number of methoxy groups -OCH3 is 1. The summed E-state index contributed by atoms with van der Waals surface area (Å²) in [5, 5.41) is 12.6. The first kappa shape index (κ1) is 25.7. The van der Waals surface area contributed by atoms with E-state index in [1.807, 2.05) is 24.6 Å². The highest BCUT2D eigenvalue weighted by atomic mass is 127. The zero-order valence-corrected chi connectivity index (χ0v) is 21.9. The largest absolute Gasteiger partial charge is 0.385 e. The fraction of sp³-hybridized carbons (Fsp3) is 0.571. The van der Waals surface area contributed by atoms with E-state index in [0.717, 1.165) is 68.4 Å². The lowest BCUT2D eigenvalue weighted by Gasteiger charge is -2.38. The number of benzene rings is 1. The van der Waals surface area contributed by atoms with Crippen LogP contribution in [0.5, 0.6) is 0 Å². The third-order valence-corrected chi connectivity index (χ3v) is 5.69. The van der Waals surface area contributed by atoms with E-state index in [-0.39, 0.29) is 24.0 Å². The van der Waals surface area contributed by atoms with Gasteiger partial charge in [0.1, 0.15) is 12.4 Å². The van der Waals surface area contributed by atoms with E-state index in [4.69, 9.17) is 21.3 Å². The van der Waals surface area contributed by atoms with E-state index >= 15 is 0 Å². The summed E-state index contributed by atoms with van der Waals surface area (Å²) in [4.78, 5) is 9.55. The highest BCUT2D eigenvalue weighted by Crippen LogP contribution is 2.25. The molecule has 3 rings (SSSR count). The summed E-state index contributed by atoms with van der Waals surface area (Å²) < 4.78 is 7.15. The van der Waals surface area contributed by atoms with Gasteiger partial charge in [-0.1, -0.05) is 17.7 Å². The van der Waals surface area contributed by atoms with Crippen LogP contribution in [0.4, 0.5) is 5.69 Å². The minimum Gasteiger partial charge on any atom is -0.385 e. The van der Waals surface area contributed by atoms with Gasteiger partial charge in [0, 0.05) is 64.2 Å². The topological polar surface area (TPSA) is 70.8 Å². The van der Waals surface area contributed by atoms with Gasteiger partial charge in [-0.2, -0.15) is 0 Å². The zero-order chi connectivity index (χ0) is 21.5. The Labute approximate surface area is 207 Å². The zero-order valence-electron chi connectivity index (χ0n) is 18.8. The van der Waals surface area contributed by atoms with Crippen LogP contribution >= 0.6 is 35.6 Å². The van der Waals surface area contributed by atoms with Crippen molar-refractivity contribution in [2.45, 2.75) is 26.8 Å². The Kier molecular flexibility index (Phi) is 10.3. The number of halogens is 2. The van der Waals surface area contributed by atoms with E-state index in [9.17, 15) is 0 Å². The van der Waals surface area contributed by atoms with Crippen LogP contribution in [0.2, 0.25) is 5.02 Å². The van der Waals surface area contributed by atoms with Crippen molar-refractivity contribution in [3.8, 4) is 0 Å². The number of nitrogens with zero attached hydrogens (tertiary/aromatic N) is 6. The number of piperazine rings is 1. The molecular weight excluding hydrogens is 529 g/mol. The standard InChI is InChI=1S/C21H32ClN7O.HI/c1-16-6-7-18(22)14-19(16)28-9-11-29(12-10-28)21(23-8-5-13-30-4)24-15-20-26-25-17(2)27(20)3;/h6-7,14H,5,8-13,15H2,1-4H3,(H,23,24);1H. The molecule has 0 aliphatic carbocycles. The molecule has 0 radical (unpaired) electrons. The lowest BCUT2D eigenvalue weighted by Crippen LogP contribution is -2.53. The number of aliphatic imine (C=N–C) groups is 1. The fourth-order valence-electron chi connectivity index (χ4n) is 3.50. The van der Waals surface area contributed by atoms with Gasteiger partial charge < -0.3 is 24.4 Å². The molecule has 0 spiro atoms. The number of ether oxygens (including phenoxy) is 1. The van der Waals surface area contributed by atoms with Crippen LogP contribution in [0.3, 0.4) is 0 Å². The monoisotopic (exact) mass is 561 g/mol. The second-order valence-corrected chi connectivity index (χ2v) is 7.98. The number of aryl methyl sites for hydroxylation is 2. The van der Waals surface area contributed by atoms with Crippen molar-refractivity contribution < 1.29 is 4.74 Å². The summed E-state index contributed by atoms with van der Waals surface area (Å²) in [6.45, 7) is 9.73. The van der Waals surface area contributed by atoms with Gasteiger partial charge in [-0.15, -0.1) is 34.2 Å². The molecule has 1 aliphatic heterocycles. The molecule has 1 aliphatic rings. The van der Waals surface area contributed by atoms with Gasteiger partial charge in [0.05, 0.1) is 0 Å². The van der Waals surface area contributed by atoms with Gasteiger partial charge >= 0.3 is 0 Å². The Morgan fingerprint density at radius 2 is 1.94 bits per heavy atom. The number of hydrogen-bond acceptors (Lipinski definition) is 5. The van der Waals surface area contributed by atoms with Gasteiger partial charge in [-0.25, -0.2) is 4.99 Å². The second kappa shape index (κ2) is 12.4. The quantitative estimate of drug-likeness (QED) is 0.243. The molecule has 0 saturated carbocycles. The molecule has 0 bridgehead atoms. The number of aromatic nitrogens is 3. The van der Waals surface area contributed by atoms with Crippen molar-refractivity contribution in [1.82, 2.24) is 25.0 Å². The van der Waals surface area contributed by atoms with Gasteiger partial charge in [0.25, 0.3) is 0 Å². The normalized spacial score (nSPS) is 14.5. The molecule has 0 amide bonds. The lowest BCUT2D eigenvalue weighted by atomic mass is 10.1. The van der Waals surface area contributed by atoms with Crippen LogP contribution in [0.1, 0.15) is 23.6 Å². The first-order chi connectivity index (χ1) is 14.5. The predicted molar refractivity (Wildman–Crippen MR) is 137 cm³/mol. The first-order valence-electron chi connectivity index (χ1n) is 10.4. The molecule has 2 heterocycles. The maximum absolute atomic E-state index is 6.22. The van der Waals surface area contributed by atoms with E-state index in [2.05, 4.69) is 44.4 Å². The van der Waals surface area contributed by atoms with Gasteiger partial charge in [0.2, 0.25) is 0 Å². The molecule has 1 aromatic carbocycles. The predicted octanol–water partition coefficient (Wildman–Crippen LogP) is 3.01. The van der Waals surface area contributed by atoms with Crippen LogP contribution < -0.4 is 10.2 Å². The number of nitrogens with one attached hydrogen (secondary N) is 1. The molecule has 8 nitrogen and oxygen atoms in total. The molecule has 0 atom stereocenters. The number of hydrogen-bond donors (Lipinski definition) is 1. The minimum atomic E-state index is 0. The molecule has 0 unspecified atom stereocenters. The third kappa shape index (κ3) is 6.95. The van der Waals surface area contributed by atoms with E-state index < -0.39 is 0 Å². The molecule has 1 fully saturated rings. The summed E-state index contributed by atoms with van der Waals surface area (Å²) >= 11 is 6.22. The molecule has 10 heteroatoms. The Bertz CT molecular complexity index is 865. The molecule has 172 valence electrons. The van der Waals surface area contributed by atoms with Crippen LogP contribution in [0.15, 0.2) is 23.2 Å². The highest BCUT2D eigenvalue weighted by molar-refractivity contribution is 14.0. The average molecular weight is 562 g/mol. The number of rotatable bonds is 7. The Balaban J connectivity index is 0.00000341. The summed E-state index contributed by atoms with van der Waals surface area (Å²) in [6.07, 6.45) is 0.931. The van der Waals surface area contributed by atoms with Crippen molar-refractivity contribution in [1.29, 1.82) is 0 Å².